The fourth-order valence-corrected chi connectivity index (χ4v) is 2.01. The minimum absolute atomic E-state index is 0.126. The van der Waals surface area contributed by atoms with Crippen LogP contribution in [-0.4, -0.2) is 17.8 Å². The molecular formula is C11H23N2O4P. The van der Waals surface area contributed by atoms with Gasteiger partial charge < -0.3 is 13.9 Å². The summed E-state index contributed by atoms with van der Waals surface area (Å²) in [5, 5.41) is 0. The molecule has 6 nitrogen and oxygen atoms in total. The average Bonchev–Trinajstić information content (AvgIpc) is 2.46. The summed E-state index contributed by atoms with van der Waals surface area (Å²) in [5.41, 5.74) is 1.30. The third-order valence-corrected chi connectivity index (χ3v) is 3.63. The van der Waals surface area contributed by atoms with Gasteiger partial charge in [-0.25, -0.2) is 9.13 Å². The van der Waals surface area contributed by atoms with Gasteiger partial charge in [0.15, 0.2) is 0 Å². The van der Waals surface area contributed by atoms with Crippen LogP contribution >= 0.6 is 7.82 Å². The summed E-state index contributed by atoms with van der Waals surface area (Å²) in [4.78, 5) is 10.4. The first-order valence-corrected chi connectivity index (χ1v) is 7.29. The molecule has 0 fully saturated rings. The van der Waals surface area contributed by atoms with Gasteiger partial charge in [-0.05, 0) is 13.8 Å². The zero-order valence-electron chi connectivity index (χ0n) is 12.0. The van der Waals surface area contributed by atoms with E-state index in [9.17, 15) is 9.46 Å². The van der Waals surface area contributed by atoms with E-state index < -0.39 is 7.82 Å². The number of nitrogens with zero attached hydrogens (tertiary/aromatic N) is 2. The first-order chi connectivity index (χ1) is 8.25. The van der Waals surface area contributed by atoms with Gasteiger partial charge in [0.05, 0.1) is 27.3 Å². The highest BCUT2D eigenvalue weighted by Gasteiger charge is 2.07. The first-order valence-electron chi connectivity index (χ1n) is 5.83. The second kappa shape index (κ2) is 7.69. The maximum absolute atomic E-state index is 10.4. The van der Waals surface area contributed by atoms with Crippen LogP contribution in [0.25, 0.3) is 0 Å². The van der Waals surface area contributed by atoms with Gasteiger partial charge >= 0.3 is 0 Å². The van der Waals surface area contributed by atoms with Crippen LogP contribution < -0.4 is 9.46 Å². The van der Waals surface area contributed by atoms with Gasteiger partial charge in [0, 0.05) is 13.8 Å². The molecule has 0 bridgehead atoms. The van der Waals surface area contributed by atoms with Gasteiger partial charge in [-0.3, -0.25) is 4.57 Å². The Labute approximate surface area is 109 Å². The lowest BCUT2D eigenvalue weighted by Gasteiger charge is -2.20. The monoisotopic (exact) mass is 278 g/mol. The summed E-state index contributed by atoms with van der Waals surface area (Å²) in [6.07, 6.45) is 2.12. The Morgan fingerprint density at radius 1 is 1.33 bits per heavy atom. The number of aryl methyl sites for hydroxylation is 2. The molecule has 0 radical (unpaired) electrons. The molecular weight excluding hydrogens is 255 g/mol. The highest BCUT2D eigenvalue weighted by atomic mass is 31.2. The summed E-state index contributed by atoms with van der Waals surface area (Å²) in [6.45, 7) is 7.63. The normalized spacial score (nSPS) is 11.1. The molecule has 0 aliphatic rings. The molecule has 18 heavy (non-hydrogen) atoms. The van der Waals surface area contributed by atoms with Crippen molar-refractivity contribution in [3.05, 3.63) is 17.7 Å². The predicted octanol–water partition coefficient (Wildman–Crippen LogP) is 0.994. The molecule has 0 unspecified atom stereocenters. The number of rotatable bonds is 4. The second-order valence-electron chi connectivity index (χ2n) is 3.77. The van der Waals surface area contributed by atoms with Crippen molar-refractivity contribution >= 4 is 7.82 Å². The second-order valence-corrected chi connectivity index (χ2v) is 5.18. The van der Waals surface area contributed by atoms with Crippen LogP contribution in [-0.2, 0) is 27.7 Å². The Balaban J connectivity index is 0.000000321. The van der Waals surface area contributed by atoms with Gasteiger partial charge in [-0.15, -0.1) is 0 Å². The largest absolute Gasteiger partial charge is 0.756 e. The Kier molecular flexibility index (Phi) is 7.40. The van der Waals surface area contributed by atoms with Crippen LogP contribution in [0.15, 0.2) is 6.20 Å². The SMILES string of the molecule is CCOP(=O)([O-])OCC.Cc1c[n+](C)c(C)n1C. The summed E-state index contributed by atoms with van der Waals surface area (Å²) in [6, 6.07) is 0. The highest BCUT2D eigenvalue weighted by molar-refractivity contribution is 7.45. The fourth-order valence-electron chi connectivity index (χ4n) is 1.31. The number of hydrogen-bond donors (Lipinski definition) is 0. The van der Waals surface area contributed by atoms with E-state index in [-0.39, 0.29) is 13.2 Å². The number of aromatic nitrogens is 2. The van der Waals surface area contributed by atoms with Crippen LogP contribution in [0.1, 0.15) is 25.4 Å². The van der Waals surface area contributed by atoms with Crippen LogP contribution in [0.2, 0.25) is 0 Å². The van der Waals surface area contributed by atoms with Gasteiger partial charge in [0.2, 0.25) is 0 Å². The molecule has 7 heteroatoms. The Bertz CT molecular complexity index is 385. The number of phosphoric ester groups is 1. The average molecular weight is 278 g/mol. The highest BCUT2D eigenvalue weighted by Crippen LogP contribution is 2.37. The van der Waals surface area contributed by atoms with E-state index >= 15 is 0 Å². The Hall–Kier alpha value is -0.680. The molecule has 1 aromatic rings. The lowest BCUT2D eigenvalue weighted by molar-refractivity contribution is -0.677. The molecule has 0 spiro atoms. The van der Waals surface area contributed by atoms with Crippen molar-refractivity contribution in [2.75, 3.05) is 13.2 Å². The van der Waals surface area contributed by atoms with Crippen molar-refractivity contribution in [3.8, 4) is 0 Å². The van der Waals surface area contributed by atoms with Crippen LogP contribution in [0.4, 0.5) is 0 Å². The lowest BCUT2D eigenvalue weighted by Crippen LogP contribution is -2.29. The van der Waals surface area contributed by atoms with Crippen molar-refractivity contribution in [2.45, 2.75) is 27.7 Å². The third-order valence-electron chi connectivity index (χ3n) is 2.48. The van der Waals surface area contributed by atoms with E-state index in [0.29, 0.717) is 0 Å². The first kappa shape index (κ1) is 17.3. The fraction of sp³-hybridized carbons (Fsp3) is 0.727. The molecule has 0 aliphatic carbocycles. The lowest BCUT2D eigenvalue weighted by atomic mass is 10.5. The predicted molar refractivity (Wildman–Crippen MR) is 66.9 cm³/mol. The molecule has 0 saturated heterocycles. The maximum atomic E-state index is 10.4. The zero-order valence-corrected chi connectivity index (χ0v) is 12.9. The molecule has 0 aliphatic heterocycles. The summed E-state index contributed by atoms with van der Waals surface area (Å²) in [7, 11) is 0.189. The molecule has 0 atom stereocenters. The van der Waals surface area contributed by atoms with Gasteiger partial charge in [0.25, 0.3) is 13.6 Å². The molecule has 0 amide bonds. The van der Waals surface area contributed by atoms with E-state index in [0.717, 1.165) is 0 Å². The van der Waals surface area contributed by atoms with Crippen molar-refractivity contribution < 1.29 is 23.1 Å². The number of phosphoric acid groups is 1. The van der Waals surface area contributed by atoms with E-state index in [1.54, 1.807) is 13.8 Å². The number of hydrogen-bond acceptors (Lipinski definition) is 4. The summed E-state index contributed by atoms with van der Waals surface area (Å²) in [5.74, 6) is 1.28. The van der Waals surface area contributed by atoms with E-state index in [1.165, 1.54) is 11.5 Å². The standard InChI is InChI=1S/C7H13N2.C4H11O4P/c1-6-5-8(3)7(2)9(6)4;1-3-7-9(5,6)8-4-2/h5H,1-4H3;3-4H2,1-2H3,(H,5,6)/q+1;/p-1. The molecule has 106 valence electrons. The van der Waals surface area contributed by atoms with Crippen molar-refractivity contribution in [1.82, 2.24) is 4.57 Å². The van der Waals surface area contributed by atoms with Gasteiger partial charge in [-0.1, -0.05) is 0 Å². The Morgan fingerprint density at radius 2 is 1.78 bits per heavy atom. The minimum atomic E-state index is -3.94. The molecule has 1 aromatic heterocycles. The van der Waals surface area contributed by atoms with Crippen molar-refractivity contribution in [2.24, 2.45) is 14.1 Å². The zero-order chi connectivity index (χ0) is 14.3. The van der Waals surface area contributed by atoms with E-state index in [2.05, 4.69) is 52.3 Å². The van der Waals surface area contributed by atoms with Gasteiger partial charge in [0.1, 0.15) is 11.9 Å². The van der Waals surface area contributed by atoms with Crippen molar-refractivity contribution in [1.29, 1.82) is 0 Å². The molecule has 0 saturated carbocycles. The van der Waals surface area contributed by atoms with Crippen LogP contribution in [0, 0.1) is 13.8 Å². The minimum Gasteiger partial charge on any atom is -0.756 e. The van der Waals surface area contributed by atoms with E-state index in [1.807, 2.05) is 0 Å². The summed E-state index contributed by atoms with van der Waals surface area (Å²) >= 11 is 0. The smallest absolute Gasteiger partial charge is 0.267 e. The maximum Gasteiger partial charge on any atom is 0.267 e. The molecule has 0 aromatic carbocycles. The Morgan fingerprint density at radius 3 is 1.94 bits per heavy atom. The topological polar surface area (TPSA) is 67.4 Å². The molecule has 1 rings (SSSR count). The van der Waals surface area contributed by atoms with Gasteiger partial charge in [-0.2, -0.15) is 0 Å². The third kappa shape index (κ3) is 5.78. The van der Waals surface area contributed by atoms with Crippen LogP contribution in [0.5, 0.6) is 0 Å². The molecule has 0 N–H and O–H groups in total. The number of imidazole rings is 1. The van der Waals surface area contributed by atoms with E-state index in [4.69, 9.17) is 0 Å². The summed E-state index contributed by atoms with van der Waals surface area (Å²) < 4.78 is 23.2. The van der Waals surface area contributed by atoms with Crippen LogP contribution in [0.3, 0.4) is 0 Å². The quantitative estimate of drug-likeness (QED) is 0.608. The molecule has 1 heterocycles. The van der Waals surface area contributed by atoms with Crippen molar-refractivity contribution in [3.63, 3.8) is 0 Å².